The summed E-state index contributed by atoms with van der Waals surface area (Å²) in [6.45, 7) is -0.200. The minimum atomic E-state index is -0.906. The van der Waals surface area contributed by atoms with Gasteiger partial charge in [0.25, 0.3) is 0 Å². The van der Waals surface area contributed by atoms with Crippen LogP contribution in [-0.2, 0) is 6.54 Å². The number of aromatic nitrogens is 4. The van der Waals surface area contributed by atoms with Crippen LogP contribution in [0.2, 0.25) is 5.02 Å². The minimum Gasteiger partial charge on any atom is -0.394 e. The summed E-state index contributed by atoms with van der Waals surface area (Å²) in [5.74, 6) is -0.411. The molecule has 0 saturated carbocycles. The minimum absolute atomic E-state index is 0.153. The molecule has 9 heteroatoms. The zero-order chi connectivity index (χ0) is 20.4. The highest BCUT2D eigenvalue weighted by Gasteiger charge is 2.12. The molecule has 4 rings (SSSR count). The van der Waals surface area contributed by atoms with Gasteiger partial charge in [-0.15, -0.1) is 0 Å². The molecular formula is C20H17ClFN5O2. The van der Waals surface area contributed by atoms with E-state index < -0.39 is 11.9 Å². The zero-order valence-electron chi connectivity index (χ0n) is 15.1. The third-order valence-electron chi connectivity index (χ3n) is 4.30. The van der Waals surface area contributed by atoms with E-state index in [0.717, 1.165) is 0 Å². The molecule has 3 N–H and O–H groups in total. The van der Waals surface area contributed by atoms with Gasteiger partial charge in [-0.2, -0.15) is 5.10 Å². The van der Waals surface area contributed by atoms with Gasteiger partial charge in [0.1, 0.15) is 16.9 Å². The number of anilines is 2. The van der Waals surface area contributed by atoms with Crippen LogP contribution in [0.3, 0.4) is 0 Å². The lowest BCUT2D eigenvalue weighted by atomic mass is 10.1. The van der Waals surface area contributed by atoms with Crippen LogP contribution >= 0.6 is 11.6 Å². The summed E-state index contributed by atoms with van der Waals surface area (Å²) in [6, 6.07) is 9.56. The number of pyridine rings is 2. The van der Waals surface area contributed by atoms with Crippen molar-refractivity contribution in [2.24, 2.45) is 0 Å². The molecule has 4 aromatic rings. The summed E-state index contributed by atoms with van der Waals surface area (Å²) in [5.41, 5.74) is 3.36. The summed E-state index contributed by atoms with van der Waals surface area (Å²) >= 11 is 5.99. The van der Waals surface area contributed by atoms with Crippen molar-refractivity contribution in [3.63, 3.8) is 0 Å². The Morgan fingerprint density at radius 2 is 1.97 bits per heavy atom. The zero-order valence-corrected chi connectivity index (χ0v) is 15.9. The molecule has 0 bridgehead atoms. The van der Waals surface area contributed by atoms with Crippen LogP contribution < -0.4 is 5.32 Å². The lowest BCUT2D eigenvalue weighted by Gasteiger charge is -2.09. The number of hydrogen-bond acceptors (Lipinski definition) is 6. The highest BCUT2D eigenvalue weighted by Crippen LogP contribution is 2.29. The first-order valence-corrected chi connectivity index (χ1v) is 9.21. The van der Waals surface area contributed by atoms with Crippen molar-refractivity contribution in [1.82, 2.24) is 19.7 Å². The number of rotatable bonds is 6. The Labute approximate surface area is 170 Å². The summed E-state index contributed by atoms with van der Waals surface area (Å²) in [6.07, 6.45) is 4.00. The molecule has 0 fully saturated rings. The maximum atomic E-state index is 14.2. The first kappa shape index (κ1) is 19.3. The molecule has 29 heavy (non-hydrogen) atoms. The topological polar surface area (TPSA) is 96.1 Å². The second-order valence-corrected chi connectivity index (χ2v) is 6.90. The smallest absolute Gasteiger partial charge is 0.134 e. The van der Waals surface area contributed by atoms with Crippen molar-refractivity contribution in [3.8, 4) is 11.3 Å². The maximum Gasteiger partial charge on any atom is 0.134 e. The number of aliphatic hydroxyl groups is 2. The number of benzene rings is 1. The van der Waals surface area contributed by atoms with Gasteiger partial charge < -0.3 is 15.5 Å². The first-order chi connectivity index (χ1) is 14.0. The Hall–Kier alpha value is -3.07. The van der Waals surface area contributed by atoms with E-state index in [4.69, 9.17) is 16.7 Å². The molecule has 1 aromatic carbocycles. The Bertz CT molecular complexity index is 1170. The summed E-state index contributed by atoms with van der Waals surface area (Å²) in [4.78, 5) is 8.52. The van der Waals surface area contributed by atoms with Crippen molar-refractivity contribution in [3.05, 3.63) is 65.8 Å². The number of nitrogens with zero attached hydrogens (tertiary/aromatic N) is 4. The maximum absolute atomic E-state index is 14.2. The fourth-order valence-electron chi connectivity index (χ4n) is 2.94. The fraction of sp³-hybridized carbons (Fsp3) is 0.150. The van der Waals surface area contributed by atoms with Crippen LogP contribution in [0.1, 0.15) is 0 Å². The van der Waals surface area contributed by atoms with Gasteiger partial charge in [-0.25, -0.2) is 4.39 Å². The van der Waals surface area contributed by atoms with Gasteiger partial charge in [0.2, 0.25) is 0 Å². The van der Waals surface area contributed by atoms with Gasteiger partial charge in [-0.05, 0) is 36.4 Å². The summed E-state index contributed by atoms with van der Waals surface area (Å²) < 4.78 is 15.7. The normalized spacial score (nSPS) is 12.3. The molecule has 0 aliphatic carbocycles. The number of fused-ring (bicyclic) bond motifs is 1. The van der Waals surface area contributed by atoms with Gasteiger partial charge in [0.15, 0.2) is 0 Å². The van der Waals surface area contributed by atoms with Gasteiger partial charge in [0, 0.05) is 28.7 Å². The van der Waals surface area contributed by atoms with E-state index >= 15 is 0 Å². The second-order valence-electron chi connectivity index (χ2n) is 6.46. The van der Waals surface area contributed by atoms with Crippen molar-refractivity contribution in [2.75, 3.05) is 11.9 Å². The molecule has 0 unspecified atom stereocenters. The molecule has 7 nitrogen and oxygen atoms in total. The van der Waals surface area contributed by atoms with Crippen molar-refractivity contribution in [2.45, 2.75) is 12.6 Å². The summed E-state index contributed by atoms with van der Waals surface area (Å²) in [5, 5.41) is 26.7. The molecule has 0 spiro atoms. The molecule has 3 aromatic heterocycles. The van der Waals surface area contributed by atoms with E-state index in [1.165, 1.54) is 22.9 Å². The molecule has 1 atom stereocenters. The fourth-order valence-corrected chi connectivity index (χ4v) is 3.11. The van der Waals surface area contributed by atoms with Gasteiger partial charge >= 0.3 is 0 Å². The SMILES string of the molecule is OC[C@@H](O)Cn1cc2nccc(Nc3ccnc(-c4cc(Cl)ccc4F)c3)c2n1. The lowest BCUT2D eigenvalue weighted by molar-refractivity contribution is 0.0784. The van der Waals surface area contributed by atoms with Gasteiger partial charge in [-0.3, -0.25) is 14.6 Å². The third-order valence-corrected chi connectivity index (χ3v) is 4.54. The molecule has 0 saturated heterocycles. The molecule has 148 valence electrons. The monoisotopic (exact) mass is 413 g/mol. The summed E-state index contributed by atoms with van der Waals surface area (Å²) in [7, 11) is 0. The van der Waals surface area contributed by atoms with Crippen molar-refractivity contribution >= 4 is 34.0 Å². The van der Waals surface area contributed by atoms with E-state index in [1.807, 2.05) is 0 Å². The Morgan fingerprint density at radius 1 is 1.14 bits per heavy atom. The molecule has 0 aliphatic heterocycles. The van der Waals surface area contributed by atoms with Gasteiger partial charge in [0.05, 0.1) is 36.8 Å². The van der Waals surface area contributed by atoms with E-state index in [1.54, 1.807) is 36.8 Å². The van der Waals surface area contributed by atoms with Crippen LogP contribution in [0.15, 0.2) is 55.0 Å². The standard InChI is InChI=1S/C20H17ClFN5O2/c21-12-1-2-16(22)15(7-12)18-8-13(3-5-23-18)25-17-4-6-24-19-10-27(26-20(17)19)9-14(29)11-28/h1-8,10,14,28-29H,9,11H2,(H,23,25)/t14-/m0/s1. The Kier molecular flexibility index (Phi) is 5.39. The van der Waals surface area contributed by atoms with E-state index in [-0.39, 0.29) is 13.2 Å². The average molecular weight is 414 g/mol. The van der Waals surface area contributed by atoms with Crippen molar-refractivity contribution in [1.29, 1.82) is 0 Å². The molecule has 0 aliphatic rings. The second kappa shape index (κ2) is 8.12. The lowest BCUT2D eigenvalue weighted by Crippen LogP contribution is -2.19. The van der Waals surface area contributed by atoms with Crippen LogP contribution in [0.5, 0.6) is 0 Å². The van der Waals surface area contributed by atoms with Crippen molar-refractivity contribution < 1.29 is 14.6 Å². The van der Waals surface area contributed by atoms with Crippen LogP contribution in [0.4, 0.5) is 15.8 Å². The average Bonchev–Trinajstić information content (AvgIpc) is 3.13. The van der Waals surface area contributed by atoms with E-state index in [2.05, 4.69) is 20.4 Å². The Morgan fingerprint density at radius 3 is 2.79 bits per heavy atom. The van der Waals surface area contributed by atoms with Crippen LogP contribution in [0, 0.1) is 5.82 Å². The molecule has 3 heterocycles. The number of aliphatic hydroxyl groups excluding tert-OH is 2. The first-order valence-electron chi connectivity index (χ1n) is 8.83. The molecule has 0 amide bonds. The molecule has 0 radical (unpaired) electrons. The van der Waals surface area contributed by atoms with Crippen LogP contribution in [-0.4, -0.2) is 42.7 Å². The van der Waals surface area contributed by atoms with E-state index in [0.29, 0.717) is 38.7 Å². The predicted octanol–water partition coefficient (Wildman–Crippen LogP) is 3.38. The quantitative estimate of drug-likeness (QED) is 0.448. The number of halogens is 2. The predicted molar refractivity (Wildman–Crippen MR) is 109 cm³/mol. The van der Waals surface area contributed by atoms with E-state index in [9.17, 15) is 9.50 Å². The highest BCUT2D eigenvalue weighted by molar-refractivity contribution is 6.30. The largest absolute Gasteiger partial charge is 0.394 e. The van der Waals surface area contributed by atoms with Crippen LogP contribution in [0.25, 0.3) is 22.3 Å². The number of hydrogen-bond donors (Lipinski definition) is 3. The highest BCUT2D eigenvalue weighted by atomic mass is 35.5. The number of nitrogens with one attached hydrogen (secondary N) is 1. The Balaban J connectivity index is 1.66. The third kappa shape index (κ3) is 4.19. The van der Waals surface area contributed by atoms with Gasteiger partial charge in [-0.1, -0.05) is 11.6 Å². The molecular weight excluding hydrogens is 397 g/mol.